The first-order valence-electron chi connectivity index (χ1n) is 6.09. The van der Waals surface area contributed by atoms with Gasteiger partial charge in [-0.15, -0.1) is 5.10 Å². The topological polar surface area (TPSA) is 77.2 Å². The molecule has 6 nitrogen and oxygen atoms in total. The number of carboxylic acids is 1. The minimum atomic E-state index is -1.07. The number of ether oxygens (including phenoxy) is 1. The fourth-order valence-electron chi connectivity index (χ4n) is 1.73. The Balaban J connectivity index is 1.83. The van der Waals surface area contributed by atoms with Crippen LogP contribution >= 0.6 is 11.6 Å². The molecular formula is C13H14ClN3O3. The van der Waals surface area contributed by atoms with Gasteiger partial charge in [0.1, 0.15) is 5.75 Å². The van der Waals surface area contributed by atoms with Gasteiger partial charge in [0.05, 0.1) is 12.3 Å². The first-order chi connectivity index (χ1) is 9.58. The highest BCUT2D eigenvalue weighted by molar-refractivity contribution is 6.30. The lowest BCUT2D eigenvalue weighted by molar-refractivity contribution is 0.0689. The number of hydrogen-bond acceptors (Lipinski definition) is 4. The Bertz CT molecular complexity index is 613. The number of carboxylic acid groups (broad SMARTS) is 1. The molecule has 1 aromatic carbocycles. The lowest BCUT2D eigenvalue weighted by atomic mass is 10.3. The monoisotopic (exact) mass is 295 g/mol. The van der Waals surface area contributed by atoms with Gasteiger partial charge in [0.25, 0.3) is 0 Å². The molecule has 1 N–H and O–H groups in total. The molecule has 0 fully saturated rings. The summed E-state index contributed by atoms with van der Waals surface area (Å²) in [6.07, 6.45) is 0.690. The number of rotatable bonds is 6. The van der Waals surface area contributed by atoms with Crippen LogP contribution in [0.4, 0.5) is 0 Å². The van der Waals surface area contributed by atoms with Gasteiger partial charge in [-0.25, -0.2) is 9.48 Å². The smallest absolute Gasteiger partial charge is 0.358 e. The van der Waals surface area contributed by atoms with Crippen molar-refractivity contribution < 1.29 is 14.6 Å². The summed E-state index contributed by atoms with van der Waals surface area (Å²) in [5.74, 6) is -0.358. The predicted octanol–water partition coefficient (Wildman–Crippen LogP) is 2.41. The summed E-state index contributed by atoms with van der Waals surface area (Å²) in [6.45, 7) is 2.72. The predicted molar refractivity (Wildman–Crippen MR) is 73.3 cm³/mol. The van der Waals surface area contributed by atoms with Crippen LogP contribution in [0.3, 0.4) is 0 Å². The molecular weight excluding hydrogens is 282 g/mol. The summed E-state index contributed by atoms with van der Waals surface area (Å²) >= 11 is 5.85. The average molecular weight is 296 g/mol. The lowest BCUT2D eigenvalue weighted by Crippen LogP contribution is -2.08. The van der Waals surface area contributed by atoms with Crippen LogP contribution in [0.25, 0.3) is 0 Å². The molecule has 106 valence electrons. The zero-order valence-electron chi connectivity index (χ0n) is 10.9. The van der Waals surface area contributed by atoms with Gasteiger partial charge >= 0.3 is 5.97 Å². The fourth-order valence-corrected chi connectivity index (χ4v) is 1.91. The number of halogens is 1. The largest absolute Gasteiger partial charge is 0.493 e. The van der Waals surface area contributed by atoms with Gasteiger partial charge in [0.2, 0.25) is 0 Å². The van der Waals surface area contributed by atoms with Crippen molar-refractivity contribution in [3.05, 3.63) is 40.7 Å². The highest BCUT2D eigenvalue weighted by Gasteiger charge is 2.14. The molecule has 20 heavy (non-hydrogen) atoms. The third-order valence-corrected chi connectivity index (χ3v) is 3.00. The number of carbonyl (C=O) groups is 1. The molecule has 0 amide bonds. The number of aromatic nitrogens is 3. The number of benzene rings is 1. The second kappa shape index (κ2) is 6.38. The van der Waals surface area contributed by atoms with E-state index in [9.17, 15) is 4.79 Å². The number of nitrogens with zero attached hydrogens (tertiary/aromatic N) is 3. The molecule has 0 aliphatic rings. The Morgan fingerprint density at radius 3 is 2.95 bits per heavy atom. The Kier molecular flexibility index (Phi) is 4.57. The molecule has 0 atom stereocenters. The van der Waals surface area contributed by atoms with Crippen LogP contribution in [0, 0.1) is 6.92 Å². The van der Waals surface area contributed by atoms with E-state index in [1.54, 1.807) is 23.7 Å². The van der Waals surface area contributed by atoms with Crippen molar-refractivity contribution >= 4 is 17.6 Å². The van der Waals surface area contributed by atoms with Crippen LogP contribution in [0.5, 0.6) is 5.75 Å². The van der Waals surface area contributed by atoms with Crippen LogP contribution in [-0.2, 0) is 6.54 Å². The maximum absolute atomic E-state index is 10.8. The van der Waals surface area contributed by atoms with E-state index in [2.05, 4.69) is 10.3 Å². The maximum atomic E-state index is 10.8. The SMILES string of the molecule is Cc1c(C(=O)O)nnn1CCCOc1cccc(Cl)c1. The summed E-state index contributed by atoms with van der Waals surface area (Å²) in [4.78, 5) is 10.8. The molecule has 1 heterocycles. The summed E-state index contributed by atoms with van der Waals surface area (Å²) in [6, 6.07) is 7.17. The molecule has 0 aliphatic carbocycles. The number of aryl methyl sites for hydroxylation is 1. The van der Waals surface area contributed by atoms with Gasteiger partial charge < -0.3 is 9.84 Å². The molecule has 0 unspecified atom stereocenters. The summed E-state index contributed by atoms with van der Waals surface area (Å²) in [5.41, 5.74) is 0.529. The molecule has 2 aromatic rings. The summed E-state index contributed by atoms with van der Waals surface area (Å²) in [7, 11) is 0. The summed E-state index contributed by atoms with van der Waals surface area (Å²) in [5, 5.41) is 16.9. The first kappa shape index (κ1) is 14.3. The van der Waals surface area contributed by atoms with E-state index in [4.69, 9.17) is 21.4 Å². The molecule has 0 saturated carbocycles. The molecule has 0 spiro atoms. The lowest BCUT2D eigenvalue weighted by Gasteiger charge is -2.07. The molecule has 2 rings (SSSR count). The number of aromatic carboxylic acids is 1. The van der Waals surface area contributed by atoms with E-state index in [0.717, 1.165) is 0 Å². The zero-order valence-corrected chi connectivity index (χ0v) is 11.7. The Hall–Kier alpha value is -2.08. The van der Waals surface area contributed by atoms with Gasteiger partial charge in [0.15, 0.2) is 5.69 Å². The van der Waals surface area contributed by atoms with Crippen LogP contribution in [0.15, 0.2) is 24.3 Å². The van der Waals surface area contributed by atoms with E-state index in [1.165, 1.54) is 0 Å². The van der Waals surface area contributed by atoms with Crippen molar-refractivity contribution in [2.24, 2.45) is 0 Å². The van der Waals surface area contributed by atoms with Gasteiger partial charge in [0, 0.05) is 18.0 Å². The molecule has 0 radical (unpaired) electrons. The highest BCUT2D eigenvalue weighted by Crippen LogP contribution is 2.17. The van der Waals surface area contributed by atoms with E-state index in [0.29, 0.717) is 36.0 Å². The average Bonchev–Trinajstić information content (AvgIpc) is 2.76. The van der Waals surface area contributed by atoms with E-state index in [-0.39, 0.29) is 5.69 Å². The normalized spacial score (nSPS) is 10.5. The van der Waals surface area contributed by atoms with Crippen LogP contribution in [-0.4, -0.2) is 32.7 Å². The Morgan fingerprint density at radius 1 is 1.50 bits per heavy atom. The second-order valence-electron chi connectivity index (χ2n) is 4.21. The maximum Gasteiger partial charge on any atom is 0.358 e. The third kappa shape index (κ3) is 3.48. The first-order valence-corrected chi connectivity index (χ1v) is 6.47. The molecule has 1 aromatic heterocycles. The second-order valence-corrected chi connectivity index (χ2v) is 4.65. The minimum Gasteiger partial charge on any atom is -0.493 e. The summed E-state index contributed by atoms with van der Waals surface area (Å²) < 4.78 is 7.10. The standard InChI is InChI=1S/C13H14ClN3O3/c1-9-12(13(18)19)15-16-17(9)6-3-7-20-11-5-2-4-10(14)8-11/h2,4-5,8H,3,6-7H2,1H3,(H,18,19). The molecule has 0 aliphatic heterocycles. The van der Waals surface area contributed by atoms with Gasteiger partial charge in [-0.1, -0.05) is 22.9 Å². The van der Waals surface area contributed by atoms with Crippen LogP contribution in [0.2, 0.25) is 5.02 Å². The minimum absolute atomic E-state index is 0.0132. The van der Waals surface area contributed by atoms with Crippen LogP contribution in [0.1, 0.15) is 22.6 Å². The zero-order chi connectivity index (χ0) is 14.5. The van der Waals surface area contributed by atoms with Crippen molar-refractivity contribution in [3.8, 4) is 5.75 Å². The van der Waals surface area contributed by atoms with Crippen molar-refractivity contribution in [2.75, 3.05) is 6.61 Å². The van der Waals surface area contributed by atoms with Crippen molar-refractivity contribution in [2.45, 2.75) is 19.9 Å². The Morgan fingerprint density at radius 2 is 2.30 bits per heavy atom. The van der Waals surface area contributed by atoms with Crippen molar-refractivity contribution in [3.63, 3.8) is 0 Å². The van der Waals surface area contributed by atoms with Gasteiger partial charge in [-0.2, -0.15) is 0 Å². The molecule has 7 heteroatoms. The van der Waals surface area contributed by atoms with Gasteiger partial charge in [-0.05, 0) is 25.1 Å². The number of hydrogen-bond donors (Lipinski definition) is 1. The van der Waals surface area contributed by atoms with Crippen LogP contribution < -0.4 is 4.74 Å². The highest BCUT2D eigenvalue weighted by atomic mass is 35.5. The quantitative estimate of drug-likeness (QED) is 0.828. The Labute approximate surface area is 120 Å². The molecule has 0 bridgehead atoms. The molecule has 0 saturated heterocycles. The van der Waals surface area contributed by atoms with E-state index in [1.807, 2.05) is 12.1 Å². The van der Waals surface area contributed by atoms with E-state index < -0.39 is 5.97 Å². The fraction of sp³-hybridized carbons (Fsp3) is 0.308. The van der Waals surface area contributed by atoms with Crippen molar-refractivity contribution in [1.82, 2.24) is 15.0 Å². The van der Waals surface area contributed by atoms with Gasteiger partial charge in [-0.3, -0.25) is 0 Å². The van der Waals surface area contributed by atoms with E-state index >= 15 is 0 Å². The third-order valence-electron chi connectivity index (χ3n) is 2.76. The van der Waals surface area contributed by atoms with Crippen molar-refractivity contribution in [1.29, 1.82) is 0 Å².